The lowest BCUT2D eigenvalue weighted by molar-refractivity contribution is 0.925. The van der Waals surface area contributed by atoms with E-state index in [1.54, 1.807) is 0 Å². The Balaban J connectivity index is 1.84. The van der Waals surface area contributed by atoms with E-state index in [4.69, 9.17) is 12.2 Å². The van der Waals surface area contributed by atoms with Crippen LogP contribution >= 0.6 is 28.1 Å². The van der Waals surface area contributed by atoms with Gasteiger partial charge in [-0.3, -0.25) is 0 Å². The van der Waals surface area contributed by atoms with E-state index in [0.29, 0.717) is 11.7 Å². The maximum atomic E-state index is 5.29. The summed E-state index contributed by atoms with van der Waals surface area (Å²) in [6.45, 7) is 0.704. The Morgan fingerprint density at radius 2 is 1.67 bits per heavy atom. The smallest absolute Gasteiger partial charge is 0.171 e. The second-order valence-electron chi connectivity index (χ2n) is 4.88. The molecule has 5 heteroatoms. The number of halogens is 1. The SMILES string of the molecule is CN(C)c1ccc(CNC(=S)Nc2ccc(Br)cc2)cc1. The maximum Gasteiger partial charge on any atom is 0.171 e. The Morgan fingerprint density at radius 1 is 1.05 bits per heavy atom. The molecule has 0 aromatic heterocycles. The van der Waals surface area contributed by atoms with Crippen LogP contribution in [0.15, 0.2) is 53.0 Å². The molecule has 0 unspecified atom stereocenters. The molecule has 0 saturated carbocycles. The normalized spacial score (nSPS) is 10.0. The highest BCUT2D eigenvalue weighted by molar-refractivity contribution is 9.10. The molecule has 0 fully saturated rings. The van der Waals surface area contributed by atoms with Crippen molar-refractivity contribution in [2.24, 2.45) is 0 Å². The summed E-state index contributed by atoms with van der Waals surface area (Å²) < 4.78 is 1.05. The minimum Gasteiger partial charge on any atom is -0.378 e. The molecule has 0 atom stereocenters. The largest absolute Gasteiger partial charge is 0.378 e. The molecule has 0 bridgehead atoms. The predicted octanol–water partition coefficient (Wildman–Crippen LogP) is 4.00. The molecule has 21 heavy (non-hydrogen) atoms. The fraction of sp³-hybridized carbons (Fsp3) is 0.188. The number of hydrogen-bond donors (Lipinski definition) is 2. The minimum absolute atomic E-state index is 0.619. The van der Waals surface area contributed by atoms with Crippen LogP contribution in [0.2, 0.25) is 0 Å². The lowest BCUT2D eigenvalue weighted by Crippen LogP contribution is -2.27. The van der Waals surface area contributed by atoms with Gasteiger partial charge in [0, 0.05) is 36.5 Å². The maximum absolute atomic E-state index is 5.29. The van der Waals surface area contributed by atoms with Gasteiger partial charge in [-0.1, -0.05) is 28.1 Å². The summed E-state index contributed by atoms with van der Waals surface area (Å²) in [5, 5.41) is 6.99. The van der Waals surface area contributed by atoms with E-state index in [0.717, 1.165) is 10.2 Å². The molecule has 2 N–H and O–H groups in total. The number of thiocarbonyl (C=S) groups is 1. The van der Waals surface area contributed by atoms with Gasteiger partial charge >= 0.3 is 0 Å². The molecule has 2 aromatic rings. The Bertz CT molecular complexity index is 594. The number of benzene rings is 2. The third-order valence-corrected chi connectivity index (χ3v) is 3.78. The van der Waals surface area contributed by atoms with Crippen LogP contribution in [0.4, 0.5) is 11.4 Å². The van der Waals surface area contributed by atoms with Crippen molar-refractivity contribution in [2.75, 3.05) is 24.3 Å². The van der Waals surface area contributed by atoms with Crippen LogP contribution < -0.4 is 15.5 Å². The summed E-state index contributed by atoms with van der Waals surface area (Å²) in [6, 6.07) is 16.3. The standard InChI is InChI=1S/C16H18BrN3S/c1-20(2)15-9-3-12(4-10-15)11-18-16(21)19-14-7-5-13(17)6-8-14/h3-10H,11H2,1-2H3,(H2,18,19,21). The number of hydrogen-bond acceptors (Lipinski definition) is 2. The molecule has 2 aromatic carbocycles. The lowest BCUT2D eigenvalue weighted by Gasteiger charge is -2.14. The van der Waals surface area contributed by atoms with Crippen LogP contribution in [0.3, 0.4) is 0 Å². The molecule has 0 spiro atoms. The fourth-order valence-electron chi connectivity index (χ4n) is 1.80. The number of rotatable bonds is 4. The average molecular weight is 364 g/mol. The zero-order valence-corrected chi connectivity index (χ0v) is 14.5. The molecule has 2 rings (SSSR count). The van der Waals surface area contributed by atoms with Gasteiger partial charge < -0.3 is 15.5 Å². The van der Waals surface area contributed by atoms with Crippen LogP contribution in [-0.4, -0.2) is 19.2 Å². The summed E-state index contributed by atoms with van der Waals surface area (Å²) in [4.78, 5) is 2.08. The molecule has 0 heterocycles. The van der Waals surface area contributed by atoms with Crippen molar-refractivity contribution in [2.45, 2.75) is 6.54 Å². The fourth-order valence-corrected chi connectivity index (χ4v) is 2.26. The van der Waals surface area contributed by atoms with Crippen LogP contribution in [0, 0.1) is 0 Å². The Hall–Kier alpha value is -1.59. The van der Waals surface area contributed by atoms with E-state index < -0.39 is 0 Å². The molecular formula is C16H18BrN3S. The van der Waals surface area contributed by atoms with Crippen LogP contribution in [0.5, 0.6) is 0 Å². The number of anilines is 2. The molecular weight excluding hydrogens is 346 g/mol. The lowest BCUT2D eigenvalue weighted by atomic mass is 10.2. The van der Waals surface area contributed by atoms with Crippen molar-refractivity contribution in [3.05, 3.63) is 58.6 Å². The Labute approximate surface area is 139 Å². The third-order valence-electron chi connectivity index (χ3n) is 3.01. The summed E-state index contributed by atoms with van der Waals surface area (Å²) >= 11 is 8.70. The Morgan fingerprint density at radius 3 is 2.24 bits per heavy atom. The molecule has 0 radical (unpaired) electrons. The highest BCUT2D eigenvalue weighted by Crippen LogP contribution is 2.14. The summed E-state index contributed by atoms with van der Waals surface area (Å²) in [5.41, 5.74) is 3.36. The topological polar surface area (TPSA) is 27.3 Å². The minimum atomic E-state index is 0.619. The third kappa shape index (κ3) is 5.02. The Kier molecular flexibility index (Phi) is 5.59. The summed E-state index contributed by atoms with van der Waals surface area (Å²) in [5.74, 6) is 0. The highest BCUT2D eigenvalue weighted by Gasteiger charge is 1.99. The monoisotopic (exact) mass is 363 g/mol. The van der Waals surface area contributed by atoms with Crippen LogP contribution in [0.1, 0.15) is 5.56 Å². The van der Waals surface area contributed by atoms with Gasteiger partial charge in [0.2, 0.25) is 0 Å². The molecule has 0 aliphatic carbocycles. The van der Waals surface area contributed by atoms with Gasteiger partial charge in [0.05, 0.1) is 0 Å². The molecule has 0 aliphatic heterocycles. The summed E-state index contributed by atoms with van der Waals surface area (Å²) in [7, 11) is 4.06. The van der Waals surface area contributed by atoms with Crippen LogP contribution in [-0.2, 0) is 6.54 Å². The van der Waals surface area contributed by atoms with Gasteiger partial charge in [-0.05, 0) is 54.2 Å². The van der Waals surface area contributed by atoms with E-state index in [1.165, 1.54) is 11.3 Å². The molecule has 0 amide bonds. The first kappa shape index (κ1) is 15.8. The van der Waals surface area contributed by atoms with E-state index in [9.17, 15) is 0 Å². The number of nitrogens with zero attached hydrogens (tertiary/aromatic N) is 1. The van der Waals surface area contributed by atoms with Gasteiger partial charge in [0.25, 0.3) is 0 Å². The second kappa shape index (κ2) is 7.43. The van der Waals surface area contributed by atoms with Crippen molar-refractivity contribution in [1.82, 2.24) is 5.32 Å². The van der Waals surface area contributed by atoms with E-state index in [2.05, 4.69) is 55.7 Å². The van der Waals surface area contributed by atoms with Gasteiger partial charge in [-0.25, -0.2) is 0 Å². The van der Waals surface area contributed by atoms with Gasteiger partial charge in [-0.2, -0.15) is 0 Å². The molecule has 0 saturated heterocycles. The second-order valence-corrected chi connectivity index (χ2v) is 6.20. The molecule has 0 aliphatic rings. The first-order chi connectivity index (χ1) is 10.0. The number of nitrogens with one attached hydrogen (secondary N) is 2. The molecule has 110 valence electrons. The first-order valence-corrected chi connectivity index (χ1v) is 7.81. The van der Waals surface area contributed by atoms with E-state index >= 15 is 0 Å². The van der Waals surface area contributed by atoms with Crippen LogP contribution in [0.25, 0.3) is 0 Å². The van der Waals surface area contributed by atoms with Crippen molar-refractivity contribution in [1.29, 1.82) is 0 Å². The predicted molar refractivity (Wildman–Crippen MR) is 98.0 cm³/mol. The zero-order chi connectivity index (χ0) is 15.2. The van der Waals surface area contributed by atoms with Crippen molar-refractivity contribution in [3.8, 4) is 0 Å². The summed E-state index contributed by atoms with van der Waals surface area (Å²) in [6.07, 6.45) is 0. The first-order valence-electron chi connectivity index (χ1n) is 6.61. The van der Waals surface area contributed by atoms with Crippen molar-refractivity contribution in [3.63, 3.8) is 0 Å². The average Bonchev–Trinajstić information content (AvgIpc) is 2.48. The van der Waals surface area contributed by atoms with E-state index in [-0.39, 0.29) is 0 Å². The molecule has 3 nitrogen and oxygen atoms in total. The van der Waals surface area contributed by atoms with Crippen molar-refractivity contribution < 1.29 is 0 Å². The zero-order valence-electron chi connectivity index (χ0n) is 12.1. The quantitative estimate of drug-likeness (QED) is 0.802. The van der Waals surface area contributed by atoms with Crippen molar-refractivity contribution >= 4 is 44.6 Å². The van der Waals surface area contributed by atoms with E-state index in [1.807, 2.05) is 38.4 Å². The van der Waals surface area contributed by atoms with Gasteiger partial charge in [0.1, 0.15) is 0 Å². The van der Waals surface area contributed by atoms with Gasteiger partial charge in [-0.15, -0.1) is 0 Å². The van der Waals surface area contributed by atoms with Gasteiger partial charge in [0.15, 0.2) is 5.11 Å². The highest BCUT2D eigenvalue weighted by atomic mass is 79.9.